The Balaban J connectivity index is 2.05. The standard InChI is InChI=1S/C21H17F3N2O2/c1-3-19(27)26-12-15-11-18(17-5-4-10-25-20(17)13(15)2)14-6-8-16(9-7-14)28-21(22,23)24/h3-11H,1,12H2,2H3,(H,26,27). The number of nitrogens with one attached hydrogen (secondary N) is 1. The molecule has 0 radical (unpaired) electrons. The van der Waals surface area contributed by atoms with Crippen molar-refractivity contribution in [2.24, 2.45) is 0 Å². The Morgan fingerprint density at radius 2 is 1.96 bits per heavy atom. The monoisotopic (exact) mass is 386 g/mol. The van der Waals surface area contributed by atoms with E-state index in [1.165, 1.54) is 18.2 Å². The molecule has 0 saturated carbocycles. The second-order valence-electron chi connectivity index (χ2n) is 6.10. The number of fused-ring (bicyclic) bond motifs is 1. The van der Waals surface area contributed by atoms with Crippen molar-refractivity contribution in [1.29, 1.82) is 0 Å². The topological polar surface area (TPSA) is 51.2 Å². The highest BCUT2D eigenvalue weighted by atomic mass is 19.4. The van der Waals surface area contributed by atoms with Crippen LogP contribution >= 0.6 is 0 Å². The van der Waals surface area contributed by atoms with Crippen molar-refractivity contribution in [3.05, 3.63) is 72.4 Å². The zero-order valence-electron chi connectivity index (χ0n) is 15.0. The highest BCUT2D eigenvalue weighted by molar-refractivity contribution is 5.97. The minimum Gasteiger partial charge on any atom is -0.406 e. The molecule has 0 aliphatic heterocycles. The Labute approximate surface area is 159 Å². The molecule has 0 aliphatic carbocycles. The SMILES string of the molecule is C=CC(=O)NCc1cc(-c2ccc(OC(F)(F)F)cc2)c2cccnc2c1C. The predicted molar refractivity (Wildman–Crippen MR) is 101 cm³/mol. The number of amides is 1. The number of benzene rings is 2. The minimum atomic E-state index is -4.74. The molecule has 1 aromatic heterocycles. The fraction of sp³-hybridized carbons (Fsp3) is 0.143. The van der Waals surface area contributed by atoms with E-state index in [1.54, 1.807) is 24.4 Å². The Morgan fingerprint density at radius 1 is 1.25 bits per heavy atom. The van der Waals surface area contributed by atoms with Crippen LogP contribution in [0.25, 0.3) is 22.0 Å². The average Bonchev–Trinajstić information content (AvgIpc) is 2.67. The van der Waals surface area contributed by atoms with Crippen molar-refractivity contribution < 1.29 is 22.7 Å². The summed E-state index contributed by atoms with van der Waals surface area (Å²) in [5.41, 5.74) is 4.05. The molecule has 0 bridgehead atoms. The molecule has 1 amide bonds. The number of rotatable bonds is 5. The number of nitrogens with zero attached hydrogens (tertiary/aromatic N) is 1. The van der Waals surface area contributed by atoms with Gasteiger partial charge < -0.3 is 10.1 Å². The first-order valence-corrected chi connectivity index (χ1v) is 8.42. The molecule has 7 heteroatoms. The summed E-state index contributed by atoms with van der Waals surface area (Å²) in [7, 11) is 0. The summed E-state index contributed by atoms with van der Waals surface area (Å²) in [6.07, 6.45) is -1.88. The third-order valence-electron chi connectivity index (χ3n) is 4.29. The largest absolute Gasteiger partial charge is 0.573 e. The number of hydrogen-bond donors (Lipinski definition) is 1. The number of hydrogen-bond acceptors (Lipinski definition) is 3. The number of pyridine rings is 1. The van der Waals surface area contributed by atoms with E-state index < -0.39 is 6.36 Å². The molecule has 144 valence electrons. The normalized spacial score (nSPS) is 11.3. The fourth-order valence-electron chi connectivity index (χ4n) is 2.95. The van der Waals surface area contributed by atoms with Crippen molar-refractivity contribution in [3.63, 3.8) is 0 Å². The summed E-state index contributed by atoms with van der Waals surface area (Å²) in [5, 5.41) is 3.60. The van der Waals surface area contributed by atoms with Gasteiger partial charge in [0.05, 0.1) is 5.52 Å². The maximum absolute atomic E-state index is 12.4. The van der Waals surface area contributed by atoms with E-state index in [1.807, 2.05) is 19.1 Å². The molecule has 3 aromatic rings. The highest BCUT2D eigenvalue weighted by Crippen LogP contribution is 2.33. The molecule has 3 rings (SSSR count). The zero-order valence-corrected chi connectivity index (χ0v) is 15.0. The van der Waals surface area contributed by atoms with Gasteiger partial charge in [-0.2, -0.15) is 0 Å². The van der Waals surface area contributed by atoms with Crippen LogP contribution in [-0.4, -0.2) is 17.3 Å². The number of ether oxygens (including phenoxy) is 1. The van der Waals surface area contributed by atoms with E-state index in [2.05, 4.69) is 21.6 Å². The van der Waals surface area contributed by atoms with E-state index in [0.29, 0.717) is 5.56 Å². The number of carbonyl (C=O) groups is 1. The first-order valence-electron chi connectivity index (χ1n) is 8.42. The molecular weight excluding hydrogens is 369 g/mol. The van der Waals surface area contributed by atoms with Crippen LogP contribution in [0.15, 0.2) is 61.3 Å². The van der Waals surface area contributed by atoms with Gasteiger partial charge in [0.15, 0.2) is 0 Å². The number of carbonyl (C=O) groups excluding carboxylic acids is 1. The summed E-state index contributed by atoms with van der Waals surface area (Å²) in [4.78, 5) is 16.0. The van der Waals surface area contributed by atoms with Gasteiger partial charge in [-0.3, -0.25) is 9.78 Å². The molecule has 0 aliphatic rings. The highest BCUT2D eigenvalue weighted by Gasteiger charge is 2.31. The molecule has 0 fully saturated rings. The predicted octanol–water partition coefficient (Wildman–Crippen LogP) is 4.91. The molecule has 28 heavy (non-hydrogen) atoms. The van der Waals surface area contributed by atoms with Crippen molar-refractivity contribution in [3.8, 4) is 16.9 Å². The minimum absolute atomic E-state index is 0.283. The summed E-state index contributed by atoms with van der Waals surface area (Å²) in [6, 6.07) is 11.3. The molecule has 1 heterocycles. The van der Waals surface area contributed by atoms with Gasteiger partial charge in [0.1, 0.15) is 5.75 Å². The van der Waals surface area contributed by atoms with Gasteiger partial charge in [-0.05, 0) is 59.5 Å². The Hall–Kier alpha value is -3.35. The van der Waals surface area contributed by atoms with Gasteiger partial charge in [0.2, 0.25) is 5.91 Å². The van der Waals surface area contributed by atoms with Gasteiger partial charge in [0.25, 0.3) is 0 Å². The Morgan fingerprint density at radius 3 is 2.61 bits per heavy atom. The van der Waals surface area contributed by atoms with E-state index in [-0.39, 0.29) is 18.2 Å². The van der Waals surface area contributed by atoms with Crippen molar-refractivity contribution in [1.82, 2.24) is 10.3 Å². The lowest BCUT2D eigenvalue weighted by Gasteiger charge is -2.15. The van der Waals surface area contributed by atoms with Gasteiger partial charge in [-0.1, -0.05) is 24.8 Å². The van der Waals surface area contributed by atoms with Crippen LogP contribution in [0.5, 0.6) is 5.75 Å². The summed E-state index contributed by atoms with van der Waals surface area (Å²) < 4.78 is 41.1. The number of aryl methyl sites for hydroxylation is 1. The van der Waals surface area contributed by atoms with E-state index in [4.69, 9.17) is 0 Å². The van der Waals surface area contributed by atoms with Gasteiger partial charge in [0, 0.05) is 18.1 Å². The van der Waals surface area contributed by atoms with Crippen LogP contribution in [0.2, 0.25) is 0 Å². The zero-order chi connectivity index (χ0) is 20.3. The molecular formula is C21H17F3N2O2. The van der Waals surface area contributed by atoms with Gasteiger partial charge in [-0.25, -0.2) is 0 Å². The lowest BCUT2D eigenvalue weighted by Crippen LogP contribution is -2.20. The van der Waals surface area contributed by atoms with Gasteiger partial charge >= 0.3 is 6.36 Å². The fourth-order valence-corrected chi connectivity index (χ4v) is 2.95. The van der Waals surface area contributed by atoms with Crippen LogP contribution in [-0.2, 0) is 11.3 Å². The van der Waals surface area contributed by atoms with Crippen LogP contribution in [0.1, 0.15) is 11.1 Å². The quantitative estimate of drug-likeness (QED) is 0.634. The lowest BCUT2D eigenvalue weighted by atomic mass is 9.94. The van der Waals surface area contributed by atoms with E-state index in [9.17, 15) is 18.0 Å². The van der Waals surface area contributed by atoms with Crippen LogP contribution in [0.4, 0.5) is 13.2 Å². The first kappa shape index (κ1) is 19.4. The molecule has 4 nitrogen and oxygen atoms in total. The van der Waals surface area contributed by atoms with E-state index in [0.717, 1.165) is 27.6 Å². The average molecular weight is 386 g/mol. The van der Waals surface area contributed by atoms with Crippen molar-refractivity contribution in [2.45, 2.75) is 19.8 Å². The number of aromatic nitrogens is 1. The molecule has 2 aromatic carbocycles. The lowest BCUT2D eigenvalue weighted by molar-refractivity contribution is -0.274. The number of halogens is 3. The molecule has 0 unspecified atom stereocenters. The third-order valence-corrected chi connectivity index (χ3v) is 4.29. The van der Waals surface area contributed by atoms with Gasteiger partial charge in [-0.15, -0.1) is 13.2 Å². The molecule has 0 atom stereocenters. The second-order valence-corrected chi connectivity index (χ2v) is 6.10. The van der Waals surface area contributed by atoms with Crippen LogP contribution < -0.4 is 10.1 Å². The smallest absolute Gasteiger partial charge is 0.406 e. The second kappa shape index (κ2) is 7.72. The van der Waals surface area contributed by atoms with Crippen molar-refractivity contribution >= 4 is 16.8 Å². The van der Waals surface area contributed by atoms with E-state index >= 15 is 0 Å². The van der Waals surface area contributed by atoms with Crippen LogP contribution in [0, 0.1) is 6.92 Å². The summed E-state index contributed by atoms with van der Waals surface area (Å²) >= 11 is 0. The van der Waals surface area contributed by atoms with Crippen LogP contribution in [0.3, 0.4) is 0 Å². The maximum atomic E-state index is 12.4. The number of alkyl halides is 3. The molecule has 0 saturated heterocycles. The summed E-state index contributed by atoms with van der Waals surface area (Å²) in [5.74, 6) is -0.583. The Kier molecular flexibility index (Phi) is 5.35. The molecule has 0 spiro atoms. The van der Waals surface area contributed by atoms with Crippen molar-refractivity contribution in [2.75, 3.05) is 0 Å². The molecule has 1 N–H and O–H groups in total. The first-order chi connectivity index (χ1) is 13.3. The third kappa shape index (κ3) is 4.31. The Bertz CT molecular complexity index is 1030. The maximum Gasteiger partial charge on any atom is 0.573 e. The summed E-state index contributed by atoms with van der Waals surface area (Å²) in [6.45, 7) is 5.62.